The van der Waals surface area contributed by atoms with E-state index in [0.29, 0.717) is 13.2 Å². The summed E-state index contributed by atoms with van der Waals surface area (Å²) in [6, 6.07) is 5.95. The van der Waals surface area contributed by atoms with E-state index in [4.69, 9.17) is 9.84 Å². The second-order valence-electron chi connectivity index (χ2n) is 5.02. The molecule has 1 aromatic carbocycles. The molecule has 2 aliphatic heterocycles. The van der Waals surface area contributed by atoms with Crippen molar-refractivity contribution in [1.29, 1.82) is 0 Å². The van der Waals surface area contributed by atoms with Gasteiger partial charge in [-0.1, -0.05) is 18.2 Å². The van der Waals surface area contributed by atoms with Gasteiger partial charge in [-0.05, 0) is 36.0 Å². The predicted octanol–water partition coefficient (Wildman–Crippen LogP) is 1.98. The van der Waals surface area contributed by atoms with E-state index in [1.54, 1.807) is 0 Å². The summed E-state index contributed by atoms with van der Waals surface area (Å²) in [4.78, 5) is 11.1. The molecule has 2 N–H and O–H groups in total. The smallest absolute Gasteiger partial charge is 0.320 e. The maximum atomic E-state index is 11.1. The summed E-state index contributed by atoms with van der Waals surface area (Å²) < 4.78 is 5.48. The molecule has 0 spiro atoms. The average molecular weight is 247 g/mol. The van der Waals surface area contributed by atoms with Crippen LogP contribution in [0.4, 0.5) is 0 Å². The van der Waals surface area contributed by atoms with Crippen LogP contribution in [0.25, 0.3) is 0 Å². The lowest BCUT2D eigenvalue weighted by Crippen LogP contribution is -2.42. The number of nitrogens with one attached hydrogen (secondary N) is 1. The van der Waals surface area contributed by atoms with Crippen LogP contribution in [-0.4, -0.2) is 17.1 Å². The molecule has 0 amide bonds. The number of ether oxygens (including phenoxy) is 1. The van der Waals surface area contributed by atoms with Gasteiger partial charge in [0.05, 0.1) is 13.2 Å². The van der Waals surface area contributed by atoms with E-state index < -0.39 is 12.0 Å². The van der Waals surface area contributed by atoms with Gasteiger partial charge < -0.3 is 9.84 Å². The van der Waals surface area contributed by atoms with E-state index in [0.717, 1.165) is 19.3 Å². The van der Waals surface area contributed by atoms with Gasteiger partial charge in [0.2, 0.25) is 0 Å². The number of carboxylic acid groups (broad SMARTS) is 1. The van der Waals surface area contributed by atoms with Gasteiger partial charge in [0, 0.05) is 6.04 Å². The molecule has 0 saturated carbocycles. The maximum absolute atomic E-state index is 11.1. The van der Waals surface area contributed by atoms with Crippen molar-refractivity contribution in [1.82, 2.24) is 5.32 Å². The minimum absolute atomic E-state index is 0.150. The largest absolute Gasteiger partial charge is 0.480 e. The first-order valence-corrected chi connectivity index (χ1v) is 6.43. The SMILES string of the molecule is O=C(O)C1CCCC(c2cccc3c2COC3)N1. The Balaban J connectivity index is 1.86. The maximum Gasteiger partial charge on any atom is 0.320 e. The first-order valence-electron chi connectivity index (χ1n) is 6.43. The Morgan fingerprint density at radius 3 is 3.06 bits per heavy atom. The molecule has 2 aliphatic rings. The number of aliphatic carboxylic acids is 1. The third-order valence-electron chi connectivity index (χ3n) is 3.87. The molecule has 0 aromatic heterocycles. The van der Waals surface area contributed by atoms with Crippen LogP contribution in [0.2, 0.25) is 0 Å². The molecule has 2 heterocycles. The molecule has 1 fully saturated rings. The van der Waals surface area contributed by atoms with Gasteiger partial charge in [-0.15, -0.1) is 0 Å². The molecule has 3 rings (SSSR count). The fourth-order valence-electron chi connectivity index (χ4n) is 2.93. The van der Waals surface area contributed by atoms with E-state index in [-0.39, 0.29) is 6.04 Å². The summed E-state index contributed by atoms with van der Waals surface area (Å²) >= 11 is 0. The van der Waals surface area contributed by atoms with Gasteiger partial charge in [-0.25, -0.2) is 0 Å². The lowest BCUT2D eigenvalue weighted by atomic mass is 9.89. The summed E-state index contributed by atoms with van der Waals surface area (Å²) in [5.41, 5.74) is 3.71. The quantitative estimate of drug-likeness (QED) is 0.839. The monoisotopic (exact) mass is 247 g/mol. The number of benzene rings is 1. The molecule has 0 aliphatic carbocycles. The standard InChI is InChI=1S/C14H17NO3/c16-14(17)13-6-2-5-12(15-13)10-4-1-3-9-7-18-8-11(9)10/h1,3-4,12-13,15H,2,5-8H2,(H,16,17). The van der Waals surface area contributed by atoms with Crippen molar-refractivity contribution >= 4 is 5.97 Å². The van der Waals surface area contributed by atoms with Crippen molar-refractivity contribution in [3.8, 4) is 0 Å². The van der Waals surface area contributed by atoms with E-state index in [2.05, 4.69) is 17.4 Å². The Kier molecular flexibility index (Phi) is 3.06. The topological polar surface area (TPSA) is 58.6 Å². The van der Waals surface area contributed by atoms with E-state index >= 15 is 0 Å². The van der Waals surface area contributed by atoms with Gasteiger partial charge in [-0.2, -0.15) is 0 Å². The van der Waals surface area contributed by atoms with Crippen LogP contribution >= 0.6 is 0 Å². The van der Waals surface area contributed by atoms with Crippen LogP contribution in [0.3, 0.4) is 0 Å². The lowest BCUT2D eigenvalue weighted by molar-refractivity contribution is -0.140. The molecule has 2 atom stereocenters. The number of carboxylic acids is 1. The van der Waals surface area contributed by atoms with Crippen LogP contribution in [0, 0.1) is 0 Å². The zero-order valence-corrected chi connectivity index (χ0v) is 10.2. The Bertz CT molecular complexity index is 472. The average Bonchev–Trinajstić information content (AvgIpc) is 2.87. The Morgan fingerprint density at radius 2 is 2.22 bits per heavy atom. The Morgan fingerprint density at radius 1 is 1.33 bits per heavy atom. The number of rotatable bonds is 2. The first kappa shape index (κ1) is 11.7. The van der Waals surface area contributed by atoms with Crippen LogP contribution in [0.15, 0.2) is 18.2 Å². The third kappa shape index (κ3) is 2.02. The summed E-state index contributed by atoms with van der Waals surface area (Å²) in [7, 11) is 0. The fraction of sp³-hybridized carbons (Fsp3) is 0.500. The van der Waals surface area contributed by atoms with Crippen molar-refractivity contribution in [2.75, 3.05) is 0 Å². The summed E-state index contributed by atoms with van der Waals surface area (Å²) in [5, 5.41) is 12.4. The number of fused-ring (bicyclic) bond motifs is 1. The highest BCUT2D eigenvalue weighted by Crippen LogP contribution is 2.32. The molecule has 0 bridgehead atoms. The summed E-state index contributed by atoms with van der Waals surface area (Å²) in [6.07, 6.45) is 2.68. The molecule has 2 unspecified atom stereocenters. The Hall–Kier alpha value is -1.39. The van der Waals surface area contributed by atoms with Gasteiger partial charge >= 0.3 is 5.97 Å². The summed E-state index contributed by atoms with van der Waals surface area (Å²) in [6.45, 7) is 1.33. The molecule has 18 heavy (non-hydrogen) atoms. The molecule has 4 heteroatoms. The highest BCUT2D eigenvalue weighted by atomic mass is 16.5. The second kappa shape index (κ2) is 4.71. The molecule has 0 radical (unpaired) electrons. The van der Waals surface area contributed by atoms with Crippen molar-refractivity contribution < 1.29 is 14.6 Å². The number of hydrogen-bond acceptors (Lipinski definition) is 3. The highest BCUT2D eigenvalue weighted by Gasteiger charge is 2.29. The minimum atomic E-state index is -0.747. The van der Waals surface area contributed by atoms with Crippen molar-refractivity contribution in [2.45, 2.75) is 44.6 Å². The van der Waals surface area contributed by atoms with Crippen molar-refractivity contribution in [3.05, 3.63) is 34.9 Å². The van der Waals surface area contributed by atoms with Crippen LogP contribution < -0.4 is 5.32 Å². The van der Waals surface area contributed by atoms with Crippen LogP contribution in [0.5, 0.6) is 0 Å². The normalized spacial score (nSPS) is 26.9. The molecule has 4 nitrogen and oxygen atoms in total. The molecular formula is C14H17NO3. The second-order valence-corrected chi connectivity index (χ2v) is 5.02. The number of piperidine rings is 1. The Labute approximate surface area is 106 Å². The summed E-state index contributed by atoms with van der Waals surface area (Å²) in [5.74, 6) is -0.747. The molecular weight excluding hydrogens is 230 g/mol. The van der Waals surface area contributed by atoms with Gasteiger partial charge in [0.1, 0.15) is 6.04 Å². The zero-order valence-electron chi connectivity index (χ0n) is 10.2. The van der Waals surface area contributed by atoms with Gasteiger partial charge in [0.25, 0.3) is 0 Å². The number of hydrogen-bond donors (Lipinski definition) is 2. The first-order chi connectivity index (χ1) is 8.75. The van der Waals surface area contributed by atoms with Gasteiger partial charge in [0.15, 0.2) is 0 Å². The molecule has 1 saturated heterocycles. The zero-order chi connectivity index (χ0) is 12.5. The third-order valence-corrected chi connectivity index (χ3v) is 3.87. The minimum Gasteiger partial charge on any atom is -0.480 e. The molecule has 96 valence electrons. The van der Waals surface area contributed by atoms with Gasteiger partial charge in [-0.3, -0.25) is 10.1 Å². The highest BCUT2D eigenvalue weighted by molar-refractivity contribution is 5.73. The van der Waals surface area contributed by atoms with Crippen molar-refractivity contribution in [3.63, 3.8) is 0 Å². The lowest BCUT2D eigenvalue weighted by Gasteiger charge is -2.30. The predicted molar refractivity (Wildman–Crippen MR) is 66.1 cm³/mol. The van der Waals surface area contributed by atoms with E-state index in [1.165, 1.54) is 16.7 Å². The molecule has 1 aromatic rings. The van der Waals surface area contributed by atoms with E-state index in [9.17, 15) is 4.79 Å². The van der Waals surface area contributed by atoms with Crippen LogP contribution in [0.1, 0.15) is 42.0 Å². The van der Waals surface area contributed by atoms with E-state index in [1.807, 2.05) is 6.07 Å². The number of carbonyl (C=O) groups is 1. The van der Waals surface area contributed by atoms with Crippen LogP contribution in [-0.2, 0) is 22.7 Å². The van der Waals surface area contributed by atoms with Crippen molar-refractivity contribution in [2.24, 2.45) is 0 Å². The fourth-order valence-corrected chi connectivity index (χ4v) is 2.93.